The summed E-state index contributed by atoms with van der Waals surface area (Å²) in [7, 11) is 0. The molecule has 0 aliphatic rings. The Bertz CT molecular complexity index is 554. The monoisotopic (exact) mass is 247 g/mol. The highest BCUT2D eigenvalue weighted by Crippen LogP contribution is 2.24. The van der Waals surface area contributed by atoms with Crippen molar-refractivity contribution < 1.29 is 9.90 Å². The van der Waals surface area contributed by atoms with E-state index in [0.29, 0.717) is 5.75 Å². The molecular weight excluding hydrogens is 234 g/mol. The Kier molecular flexibility index (Phi) is 3.64. The normalized spacial score (nSPS) is 10.6. The van der Waals surface area contributed by atoms with E-state index in [9.17, 15) is 4.79 Å². The highest BCUT2D eigenvalue weighted by Gasteiger charge is 2.05. The number of aryl methyl sites for hydroxylation is 1. The quantitative estimate of drug-likeness (QED) is 0.843. The van der Waals surface area contributed by atoms with Crippen molar-refractivity contribution in [2.24, 2.45) is 0 Å². The van der Waals surface area contributed by atoms with Crippen molar-refractivity contribution in [1.82, 2.24) is 4.98 Å². The van der Waals surface area contributed by atoms with Crippen molar-refractivity contribution in [1.29, 1.82) is 0 Å². The lowest BCUT2D eigenvalue weighted by Gasteiger charge is -2.06. The van der Waals surface area contributed by atoms with Crippen LogP contribution in [0.2, 0.25) is 0 Å². The summed E-state index contributed by atoms with van der Waals surface area (Å²) in [5, 5.41) is 10.6. The SMILES string of the molecule is Cc1cc2ccccc2nc1SCCC(=O)O. The number of fused-ring (bicyclic) bond motifs is 1. The van der Waals surface area contributed by atoms with E-state index in [1.807, 2.05) is 31.2 Å². The molecule has 2 rings (SSSR count). The molecule has 0 saturated heterocycles. The van der Waals surface area contributed by atoms with Crippen LogP contribution >= 0.6 is 11.8 Å². The maximum Gasteiger partial charge on any atom is 0.304 e. The minimum Gasteiger partial charge on any atom is -0.481 e. The number of aromatic nitrogens is 1. The molecule has 0 aliphatic heterocycles. The molecule has 0 bridgehead atoms. The number of carbonyl (C=O) groups is 1. The van der Waals surface area contributed by atoms with E-state index in [1.165, 1.54) is 11.8 Å². The summed E-state index contributed by atoms with van der Waals surface area (Å²) in [5.74, 6) is -0.211. The van der Waals surface area contributed by atoms with E-state index < -0.39 is 5.97 Å². The maximum absolute atomic E-state index is 10.5. The molecule has 88 valence electrons. The molecule has 0 amide bonds. The molecular formula is C13H13NO2S. The zero-order valence-corrected chi connectivity index (χ0v) is 10.3. The van der Waals surface area contributed by atoms with Crippen molar-refractivity contribution in [2.45, 2.75) is 18.4 Å². The van der Waals surface area contributed by atoms with Crippen molar-refractivity contribution in [2.75, 3.05) is 5.75 Å². The summed E-state index contributed by atoms with van der Waals surface area (Å²) in [5.41, 5.74) is 2.05. The topological polar surface area (TPSA) is 50.2 Å². The minimum absolute atomic E-state index is 0.165. The average Bonchev–Trinajstić information content (AvgIpc) is 2.29. The second-order valence-electron chi connectivity index (χ2n) is 3.80. The zero-order valence-electron chi connectivity index (χ0n) is 9.51. The molecule has 0 atom stereocenters. The second-order valence-corrected chi connectivity index (χ2v) is 4.88. The summed E-state index contributed by atoms with van der Waals surface area (Å²) < 4.78 is 0. The minimum atomic E-state index is -0.768. The van der Waals surface area contributed by atoms with E-state index in [2.05, 4.69) is 11.1 Å². The molecule has 0 aliphatic carbocycles. The van der Waals surface area contributed by atoms with Gasteiger partial charge in [-0.1, -0.05) is 18.2 Å². The lowest BCUT2D eigenvalue weighted by atomic mass is 10.2. The number of benzene rings is 1. The maximum atomic E-state index is 10.5. The number of para-hydroxylation sites is 1. The van der Waals surface area contributed by atoms with Gasteiger partial charge in [-0.2, -0.15) is 0 Å². The highest BCUT2D eigenvalue weighted by atomic mass is 32.2. The van der Waals surface area contributed by atoms with Crippen LogP contribution in [-0.2, 0) is 4.79 Å². The van der Waals surface area contributed by atoms with E-state index in [4.69, 9.17) is 5.11 Å². The van der Waals surface area contributed by atoms with Crippen LogP contribution in [-0.4, -0.2) is 21.8 Å². The smallest absolute Gasteiger partial charge is 0.304 e. The van der Waals surface area contributed by atoms with Gasteiger partial charge in [0.15, 0.2) is 0 Å². The number of carboxylic acids is 1. The van der Waals surface area contributed by atoms with Gasteiger partial charge < -0.3 is 5.11 Å². The molecule has 2 aromatic rings. The molecule has 4 heteroatoms. The fraction of sp³-hybridized carbons (Fsp3) is 0.231. The van der Waals surface area contributed by atoms with E-state index in [0.717, 1.165) is 21.5 Å². The molecule has 0 saturated carbocycles. The summed E-state index contributed by atoms with van der Waals surface area (Å²) >= 11 is 1.50. The number of pyridine rings is 1. The van der Waals surface area contributed by atoms with Gasteiger partial charge >= 0.3 is 5.97 Å². The van der Waals surface area contributed by atoms with Crippen molar-refractivity contribution >= 4 is 28.6 Å². The number of thioether (sulfide) groups is 1. The summed E-state index contributed by atoms with van der Waals surface area (Å²) in [6, 6.07) is 10.0. The van der Waals surface area contributed by atoms with Gasteiger partial charge in [-0.3, -0.25) is 4.79 Å². The fourth-order valence-electron chi connectivity index (χ4n) is 1.59. The third kappa shape index (κ3) is 2.97. The van der Waals surface area contributed by atoms with Gasteiger partial charge in [0.05, 0.1) is 17.0 Å². The van der Waals surface area contributed by atoms with E-state index >= 15 is 0 Å². The Morgan fingerprint density at radius 1 is 1.41 bits per heavy atom. The van der Waals surface area contributed by atoms with Crippen molar-refractivity contribution in [3.05, 3.63) is 35.9 Å². The van der Waals surface area contributed by atoms with Gasteiger partial charge in [-0.25, -0.2) is 4.98 Å². The lowest BCUT2D eigenvalue weighted by Crippen LogP contribution is -1.97. The molecule has 3 nitrogen and oxygen atoms in total. The van der Waals surface area contributed by atoms with Crippen LogP contribution in [0.15, 0.2) is 35.4 Å². The van der Waals surface area contributed by atoms with Crippen LogP contribution < -0.4 is 0 Å². The van der Waals surface area contributed by atoms with Crippen LogP contribution in [0.3, 0.4) is 0 Å². The van der Waals surface area contributed by atoms with Gasteiger partial charge in [-0.15, -0.1) is 11.8 Å². The van der Waals surface area contributed by atoms with Crippen LogP contribution in [0, 0.1) is 6.92 Å². The molecule has 0 radical (unpaired) electrons. The van der Waals surface area contributed by atoms with E-state index in [1.54, 1.807) is 0 Å². The van der Waals surface area contributed by atoms with E-state index in [-0.39, 0.29) is 6.42 Å². The second kappa shape index (κ2) is 5.19. The predicted molar refractivity (Wildman–Crippen MR) is 69.5 cm³/mol. The number of carboxylic acid groups (broad SMARTS) is 1. The fourth-order valence-corrected chi connectivity index (χ4v) is 2.50. The number of nitrogens with zero attached hydrogens (tertiary/aromatic N) is 1. The number of aliphatic carboxylic acids is 1. The van der Waals surface area contributed by atoms with Gasteiger partial charge in [0.1, 0.15) is 0 Å². The lowest BCUT2D eigenvalue weighted by molar-refractivity contribution is -0.136. The van der Waals surface area contributed by atoms with Gasteiger partial charge in [0.25, 0.3) is 0 Å². The molecule has 0 spiro atoms. The molecule has 1 N–H and O–H groups in total. The van der Waals surface area contributed by atoms with Crippen molar-refractivity contribution in [3.63, 3.8) is 0 Å². The van der Waals surface area contributed by atoms with Crippen LogP contribution in [0.4, 0.5) is 0 Å². The first kappa shape index (κ1) is 11.9. The Balaban J connectivity index is 2.22. The molecule has 17 heavy (non-hydrogen) atoms. The first-order chi connectivity index (χ1) is 8.16. The van der Waals surface area contributed by atoms with Gasteiger partial charge in [0, 0.05) is 11.1 Å². The third-order valence-electron chi connectivity index (χ3n) is 2.42. The number of hydrogen-bond donors (Lipinski definition) is 1. The largest absolute Gasteiger partial charge is 0.481 e. The number of hydrogen-bond acceptors (Lipinski definition) is 3. The van der Waals surface area contributed by atoms with Gasteiger partial charge in [0.2, 0.25) is 0 Å². The molecule has 1 aromatic heterocycles. The Morgan fingerprint density at radius 3 is 2.94 bits per heavy atom. The third-order valence-corrected chi connectivity index (χ3v) is 3.52. The number of rotatable bonds is 4. The zero-order chi connectivity index (χ0) is 12.3. The molecule has 0 unspecified atom stereocenters. The van der Waals surface area contributed by atoms with Gasteiger partial charge in [-0.05, 0) is 24.6 Å². The standard InChI is InChI=1S/C13H13NO2S/c1-9-8-10-4-2-3-5-11(10)14-13(9)17-7-6-12(15)16/h2-5,8H,6-7H2,1H3,(H,15,16). The van der Waals surface area contributed by atoms with Crippen LogP contribution in [0.1, 0.15) is 12.0 Å². The van der Waals surface area contributed by atoms with Crippen molar-refractivity contribution in [3.8, 4) is 0 Å². The molecule has 1 aromatic carbocycles. The highest BCUT2D eigenvalue weighted by molar-refractivity contribution is 7.99. The Hall–Kier alpha value is -1.55. The average molecular weight is 247 g/mol. The first-order valence-electron chi connectivity index (χ1n) is 5.38. The Labute approximate surface area is 104 Å². The summed E-state index contributed by atoms with van der Waals surface area (Å²) in [6.45, 7) is 2.00. The first-order valence-corrected chi connectivity index (χ1v) is 6.36. The Morgan fingerprint density at radius 2 is 2.18 bits per heavy atom. The van der Waals surface area contributed by atoms with Crippen LogP contribution in [0.25, 0.3) is 10.9 Å². The predicted octanol–water partition coefficient (Wildman–Crippen LogP) is 3.11. The molecule has 1 heterocycles. The van der Waals surface area contributed by atoms with Crippen LogP contribution in [0.5, 0.6) is 0 Å². The molecule has 0 fully saturated rings. The summed E-state index contributed by atoms with van der Waals surface area (Å²) in [4.78, 5) is 15.0. The summed E-state index contributed by atoms with van der Waals surface area (Å²) in [6.07, 6.45) is 0.165.